The Morgan fingerprint density at radius 2 is 1.27 bits per heavy atom. The smallest absolute Gasteiger partial charge is 0.0409 e. The van der Waals surface area contributed by atoms with Crippen LogP contribution >= 0.6 is 0 Å². The van der Waals surface area contributed by atoms with Gasteiger partial charge in [-0.2, -0.15) is 0 Å². The molecular formula is C21H21N. The summed E-state index contributed by atoms with van der Waals surface area (Å²) in [6.45, 7) is 4.30. The fourth-order valence-electron chi connectivity index (χ4n) is 2.65. The van der Waals surface area contributed by atoms with Crippen LogP contribution in [0.1, 0.15) is 24.6 Å². The predicted octanol–water partition coefficient (Wildman–Crippen LogP) is 5.68. The third-order valence-electron chi connectivity index (χ3n) is 3.93. The molecule has 22 heavy (non-hydrogen) atoms. The topological polar surface area (TPSA) is 12.9 Å². The highest BCUT2D eigenvalue weighted by Gasteiger charge is 2.02. The highest BCUT2D eigenvalue weighted by Crippen LogP contribution is 2.25. The van der Waals surface area contributed by atoms with Crippen molar-refractivity contribution >= 4 is 0 Å². The van der Waals surface area contributed by atoms with E-state index in [2.05, 4.69) is 79.5 Å². The van der Waals surface area contributed by atoms with E-state index < -0.39 is 0 Å². The average molecular weight is 287 g/mol. The Balaban J connectivity index is 1.87. The lowest BCUT2D eigenvalue weighted by molar-refractivity contribution is 0.883. The second kappa shape index (κ2) is 6.57. The van der Waals surface area contributed by atoms with Crippen molar-refractivity contribution in [1.29, 1.82) is 0 Å². The van der Waals surface area contributed by atoms with Gasteiger partial charge in [0.05, 0.1) is 0 Å². The number of pyridine rings is 1. The Hall–Kier alpha value is -2.41. The molecule has 0 atom stereocenters. The second-order valence-corrected chi connectivity index (χ2v) is 5.73. The molecule has 0 unspecified atom stereocenters. The van der Waals surface area contributed by atoms with Gasteiger partial charge in [0.15, 0.2) is 0 Å². The molecule has 1 aromatic heterocycles. The Morgan fingerprint density at radius 1 is 0.727 bits per heavy atom. The van der Waals surface area contributed by atoms with Gasteiger partial charge in [0, 0.05) is 11.9 Å². The quantitative estimate of drug-likeness (QED) is 0.602. The first-order valence-electron chi connectivity index (χ1n) is 7.88. The van der Waals surface area contributed by atoms with E-state index in [0.29, 0.717) is 0 Å². The van der Waals surface area contributed by atoms with E-state index in [1.807, 2.05) is 6.20 Å². The van der Waals surface area contributed by atoms with E-state index in [4.69, 9.17) is 0 Å². The van der Waals surface area contributed by atoms with Crippen LogP contribution in [0.2, 0.25) is 0 Å². The fraction of sp³-hybridized carbons (Fsp3) is 0.190. The minimum Gasteiger partial charge on any atom is -0.261 e. The summed E-state index contributed by atoms with van der Waals surface area (Å²) >= 11 is 0. The molecule has 1 heteroatoms. The molecular weight excluding hydrogens is 266 g/mol. The van der Waals surface area contributed by atoms with Crippen LogP contribution in [0.4, 0.5) is 0 Å². The summed E-state index contributed by atoms with van der Waals surface area (Å²) in [5, 5.41) is 0. The number of aryl methyl sites for hydroxylation is 2. The molecule has 0 aliphatic carbocycles. The Morgan fingerprint density at radius 3 is 1.86 bits per heavy atom. The molecule has 110 valence electrons. The van der Waals surface area contributed by atoms with E-state index in [0.717, 1.165) is 12.8 Å². The minimum atomic E-state index is 1.04. The molecule has 1 nitrogen and oxygen atoms in total. The maximum Gasteiger partial charge on any atom is 0.0409 e. The molecule has 0 aliphatic rings. The molecule has 0 saturated heterocycles. The van der Waals surface area contributed by atoms with Gasteiger partial charge in [-0.05, 0) is 47.7 Å². The normalized spacial score (nSPS) is 10.6. The molecule has 0 N–H and O–H groups in total. The fourth-order valence-corrected chi connectivity index (χ4v) is 2.65. The first-order valence-corrected chi connectivity index (χ1v) is 7.88. The highest BCUT2D eigenvalue weighted by molar-refractivity contribution is 5.70. The van der Waals surface area contributed by atoms with Gasteiger partial charge in [0.1, 0.15) is 0 Å². The number of hydrogen-bond donors (Lipinski definition) is 0. The van der Waals surface area contributed by atoms with E-state index in [1.165, 1.54) is 33.5 Å². The van der Waals surface area contributed by atoms with E-state index in [-0.39, 0.29) is 0 Å². The summed E-state index contributed by atoms with van der Waals surface area (Å²) < 4.78 is 0. The number of hydrogen-bond acceptors (Lipinski definition) is 1. The first-order chi connectivity index (χ1) is 10.8. The largest absolute Gasteiger partial charge is 0.261 e. The van der Waals surface area contributed by atoms with Crippen molar-refractivity contribution in [1.82, 2.24) is 4.98 Å². The van der Waals surface area contributed by atoms with Gasteiger partial charge in [-0.25, -0.2) is 0 Å². The molecule has 0 radical (unpaired) electrons. The molecule has 3 aromatic rings. The summed E-state index contributed by atoms with van der Waals surface area (Å²) in [4.78, 5) is 4.43. The Bertz CT molecular complexity index is 740. The monoisotopic (exact) mass is 287 g/mol. The zero-order chi connectivity index (χ0) is 15.4. The molecule has 3 rings (SSSR count). The lowest BCUT2D eigenvalue weighted by Gasteiger charge is -2.07. The second-order valence-electron chi connectivity index (χ2n) is 5.73. The molecule has 0 aliphatic heterocycles. The van der Waals surface area contributed by atoms with Crippen molar-refractivity contribution in [3.63, 3.8) is 0 Å². The number of aromatic nitrogens is 1. The van der Waals surface area contributed by atoms with E-state index in [1.54, 1.807) is 0 Å². The van der Waals surface area contributed by atoms with Gasteiger partial charge >= 0.3 is 0 Å². The van der Waals surface area contributed by atoms with Crippen LogP contribution in [-0.4, -0.2) is 4.98 Å². The van der Waals surface area contributed by atoms with Crippen LogP contribution in [0.3, 0.4) is 0 Å². The Kier molecular flexibility index (Phi) is 4.34. The van der Waals surface area contributed by atoms with Gasteiger partial charge in [-0.1, -0.05) is 67.4 Å². The third-order valence-corrected chi connectivity index (χ3v) is 3.93. The van der Waals surface area contributed by atoms with Crippen LogP contribution in [0, 0.1) is 6.92 Å². The lowest BCUT2D eigenvalue weighted by Crippen LogP contribution is -1.89. The molecule has 2 aromatic carbocycles. The summed E-state index contributed by atoms with van der Waals surface area (Å²) in [5.41, 5.74) is 7.47. The molecule has 0 bridgehead atoms. The van der Waals surface area contributed by atoms with Gasteiger partial charge in [0.2, 0.25) is 0 Å². The van der Waals surface area contributed by atoms with Crippen LogP contribution in [0.15, 0.2) is 66.9 Å². The third kappa shape index (κ3) is 3.25. The van der Waals surface area contributed by atoms with Crippen LogP contribution in [0.25, 0.3) is 22.3 Å². The van der Waals surface area contributed by atoms with Crippen LogP contribution in [0.5, 0.6) is 0 Å². The van der Waals surface area contributed by atoms with Gasteiger partial charge in [-0.15, -0.1) is 0 Å². The lowest BCUT2D eigenvalue weighted by atomic mass is 9.99. The summed E-state index contributed by atoms with van der Waals surface area (Å²) in [6.07, 6.45) is 4.08. The van der Waals surface area contributed by atoms with Crippen molar-refractivity contribution in [2.45, 2.75) is 26.7 Å². The van der Waals surface area contributed by atoms with Crippen molar-refractivity contribution in [2.24, 2.45) is 0 Å². The first kappa shape index (κ1) is 14.5. The average Bonchev–Trinajstić information content (AvgIpc) is 2.56. The Labute approximate surface area is 132 Å². The van der Waals surface area contributed by atoms with Crippen molar-refractivity contribution in [3.8, 4) is 22.3 Å². The summed E-state index contributed by atoms with van der Waals surface area (Å²) in [5.74, 6) is 0. The van der Waals surface area contributed by atoms with Gasteiger partial charge in [-0.3, -0.25) is 4.98 Å². The summed E-state index contributed by atoms with van der Waals surface area (Å²) in [7, 11) is 0. The predicted molar refractivity (Wildman–Crippen MR) is 93.8 cm³/mol. The SMILES string of the molecule is CCCc1cc(-c2ccc(-c3ccc(C)cc3)cc2)ccn1. The van der Waals surface area contributed by atoms with Crippen molar-refractivity contribution in [3.05, 3.63) is 78.1 Å². The standard InChI is InChI=1S/C21H21N/c1-3-4-21-15-20(13-14-22-21)19-11-9-18(10-12-19)17-7-5-16(2)6-8-17/h5-15H,3-4H2,1-2H3. The molecule has 0 amide bonds. The van der Waals surface area contributed by atoms with Crippen molar-refractivity contribution in [2.75, 3.05) is 0 Å². The van der Waals surface area contributed by atoms with Crippen molar-refractivity contribution < 1.29 is 0 Å². The zero-order valence-corrected chi connectivity index (χ0v) is 13.2. The molecule has 0 spiro atoms. The van der Waals surface area contributed by atoms with E-state index >= 15 is 0 Å². The minimum absolute atomic E-state index is 1.04. The highest BCUT2D eigenvalue weighted by atomic mass is 14.7. The maximum atomic E-state index is 4.43. The number of benzene rings is 2. The summed E-state index contributed by atoms with van der Waals surface area (Å²) in [6, 6.07) is 21.7. The maximum absolute atomic E-state index is 4.43. The van der Waals surface area contributed by atoms with Crippen LogP contribution < -0.4 is 0 Å². The van der Waals surface area contributed by atoms with Gasteiger partial charge < -0.3 is 0 Å². The number of nitrogens with zero attached hydrogens (tertiary/aromatic N) is 1. The molecule has 0 fully saturated rings. The van der Waals surface area contributed by atoms with E-state index in [9.17, 15) is 0 Å². The molecule has 1 heterocycles. The van der Waals surface area contributed by atoms with Gasteiger partial charge in [0.25, 0.3) is 0 Å². The molecule has 0 saturated carbocycles. The number of rotatable bonds is 4. The van der Waals surface area contributed by atoms with Crippen LogP contribution in [-0.2, 0) is 6.42 Å². The zero-order valence-electron chi connectivity index (χ0n) is 13.2.